The molecule has 0 saturated heterocycles. The minimum absolute atomic E-state index is 0.0632. The minimum atomic E-state index is -0.764. The van der Waals surface area contributed by atoms with Crippen LogP contribution in [0.5, 0.6) is 0 Å². The maximum atomic E-state index is 12.9. The van der Waals surface area contributed by atoms with E-state index in [1.165, 1.54) is 238 Å². The zero-order valence-electron chi connectivity index (χ0n) is 48.3. The Balaban J connectivity index is 4.21. The van der Waals surface area contributed by atoms with Gasteiger partial charge in [-0.1, -0.05) is 318 Å². The van der Waals surface area contributed by atoms with Crippen LogP contribution in [0.25, 0.3) is 0 Å². The van der Waals surface area contributed by atoms with Crippen LogP contribution in [-0.2, 0) is 28.6 Å². The molecule has 416 valence electrons. The van der Waals surface area contributed by atoms with E-state index in [4.69, 9.17) is 14.2 Å². The van der Waals surface area contributed by atoms with Gasteiger partial charge in [0, 0.05) is 19.3 Å². The largest absolute Gasteiger partial charge is 0.462 e. The number of carbonyl (C=O) groups excluding carboxylic acids is 3. The average Bonchev–Trinajstić information content (AvgIpc) is 3.33. The SMILES string of the molecule is CCC(C)CCCCCCCCCCCCCCCCCCCCC(=O)OC[C@@H](COC(=O)CCCCCCCCCCCCCCCCCC(C)C)OC(=O)CCCCCCCCCCCC(C)C. The van der Waals surface area contributed by atoms with Crippen LogP contribution in [0.4, 0.5) is 0 Å². The summed E-state index contributed by atoms with van der Waals surface area (Å²) in [4.78, 5) is 38.2. The smallest absolute Gasteiger partial charge is 0.306 e. The molecule has 0 aromatic carbocycles. The Morgan fingerprint density at radius 3 is 0.743 bits per heavy atom. The molecular weight excluding hydrogens is 865 g/mol. The molecule has 0 fully saturated rings. The molecule has 6 nitrogen and oxygen atoms in total. The summed E-state index contributed by atoms with van der Waals surface area (Å²) < 4.78 is 16.9. The first-order valence-electron chi connectivity index (χ1n) is 31.6. The highest BCUT2D eigenvalue weighted by Gasteiger charge is 2.19. The van der Waals surface area contributed by atoms with Crippen molar-refractivity contribution in [3.8, 4) is 0 Å². The highest BCUT2D eigenvalue weighted by Crippen LogP contribution is 2.19. The quantitative estimate of drug-likeness (QED) is 0.0343. The van der Waals surface area contributed by atoms with Gasteiger partial charge in [0.1, 0.15) is 13.2 Å². The molecule has 0 aromatic rings. The minimum Gasteiger partial charge on any atom is -0.462 e. The maximum Gasteiger partial charge on any atom is 0.306 e. The third kappa shape index (κ3) is 55.7. The Hall–Kier alpha value is -1.59. The molecule has 70 heavy (non-hydrogen) atoms. The second kappa shape index (κ2) is 55.2. The van der Waals surface area contributed by atoms with Crippen LogP contribution in [0.1, 0.15) is 356 Å². The lowest BCUT2D eigenvalue weighted by molar-refractivity contribution is -0.167. The third-order valence-corrected chi connectivity index (χ3v) is 15.0. The molecule has 0 aliphatic rings. The van der Waals surface area contributed by atoms with E-state index in [0.29, 0.717) is 19.3 Å². The van der Waals surface area contributed by atoms with Gasteiger partial charge in [0.15, 0.2) is 6.10 Å². The van der Waals surface area contributed by atoms with Crippen molar-refractivity contribution in [2.75, 3.05) is 13.2 Å². The number of esters is 3. The van der Waals surface area contributed by atoms with E-state index in [9.17, 15) is 14.4 Å². The van der Waals surface area contributed by atoms with Crippen LogP contribution >= 0.6 is 0 Å². The standard InChI is InChI=1S/C64H124O6/c1-7-60(6)52-46-40-34-28-22-18-14-10-8-9-11-15-19-23-29-35-41-47-53-62(65)68-56-61(70-64(67)55-49-43-37-31-25-27-33-39-45-51-59(4)5)57-69-63(66)54-48-42-36-30-24-20-16-12-13-17-21-26-32-38-44-50-58(2)3/h58-61H,7-57H2,1-6H3/t60?,61-/m0/s1. The number of carbonyl (C=O) groups is 3. The Morgan fingerprint density at radius 2 is 0.500 bits per heavy atom. The van der Waals surface area contributed by atoms with E-state index < -0.39 is 6.10 Å². The Kier molecular flexibility index (Phi) is 53.9. The zero-order chi connectivity index (χ0) is 51.2. The van der Waals surface area contributed by atoms with Gasteiger partial charge in [-0.05, 0) is 37.0 Å². The zero-order valence-corrected chi connectivity index (χ0v) is 48.3. The third-order valence-electron chi connectivity index (χ3n) is 15.0. The van der Waals surface area contributed by atoms with Crippen molar-refractivity contribution < 1.29 is 28.6 Å². The molecular formula is C64H124O6. The number of rotatable bonds is 57. The topological polar surface area (TPSA) is 78.9 Å². The summed E-state index contributed by atoms with van der Waals surface area (Å²) in [5.41, 5.74) is 0. The average molecular weight is 990 g/mol. The molecule has 0 aromatic heterocycles. The number of ether oxygens (including phenoxy) is 3. The second-order valence-corrected chi connectivity index (χ2v) is 23.2. The summed E-state index contributed by atoms with van der Waals surface area (Å²) >= 11 is 0. The van der Waals surface area contributed by atoms with Gasteiger partial charge in [0.25, 0.3) is 0 Å². The van der Waals surface area contributed by atoms with E-state index >= 15 is 0 Å². The van der Waals surface area contributed by atoms with Crippen molar-refractivity contribution in [1.82, 2.24) is 0 Å². The first-order valence-corrected chi connectivity index (χ1v) is 31.6. The summed E-state index contributed by atoms with van der Waals surface area (Å²) in [5.74, 6) is 1.73. The van der Waals surface area contributed by atoms with Crippen molar-refractivity contribution in [1.29, 1.82) is 0 Å². The lowest BCUT2D eigenvalue weighted by Crippen LogP contribution is -2.30. The van der Waals surface area contributed by atoms with Gasteiger partial charge in [-0.25, -0.2) is 0 Å². The molecule has 0 aliphatic heterocycles. The number of hydrogen-bond acceptors (Lipinski definition) is 6. The van der Waals surface area contributed by atoms with Crippen LogP contribution in [0.2, 0.25) is 0 Å². The molecule has 1 unspecified atom stereocenters. The molecule has 0 N–H and O–H groups in total. The van der Waals surface area contributed by atoms with E-state index in [1.54, 1.807) is 0 Å². The van der Waals surface area contributed by atoms with Crippen molar-refractivity contribution >= 4 is 17.9 Å². The van der Waals surface area contributed by atoms with Gasteiger partial charge in [-0.3, -0.25) is 14.4 Å². The number of hydrogen-bond donors (Lipinski definition) is 0. The molecule has 0 saturated carbocycles. The highest BCUT2D eigenvalue weighted by atomic mass is 16.6. The van der Waals surface area contributed by atoms with Crippen LogP contribution in [0.3, 0.4) is 0 Å². The molecule has 0 radical (unpaired) electrons. The number of unbranched alkanes of at least 4 members (excludes halogenated alkanes) is 39. The fourth-order valence-electron chi connectivity index (χ4n) is 9.85. The summed E-state index contributed by atoms with van der Waals surface area (Å²) in [6.45, 7) is 13.8. The summed E-state index contributed by atoms with van der Waals surface area (Å²) in [6.07, 6.45) is 59.6. The van der Waals surface area contributed by atoms with E-state index in [-0.39, 0.29) is 31.1 Å². The first kappa shape index (κ1) is 68.4. The maximum absolute atomic E-state index is 12.9. The Morgan fingerprint density at radius 1 is 0.286 bits per heavy atom. The van der Waals surface area contributed by atoms with Gasteiger partial charge in [-0.2, -0.15) is 0 Å². The van der Waals surface area contributed by atoms with Crippen molar-refractivity contribution in [2.45, 2.75) is 362 Å². The van der Waals surface area contributed by atoms with Crippen LogP contribution in [-0.4, -0.2) is 37.2 Å². The predicted molar refractivity (Wildman–Crippen MR) is 303 cm³/mol. The predicted octanol–water partition coefficient (Wildman–Crippen LogP) is 21.1. The van der Waals surface area contributed by atoms with E-state index in [0.717, 1.165) is 75.5 Å². The molecule has 0 aliphatic carbocycles. The lowest BCUT2D eigenvalue weighted by Gasteiger charge is -2.18. The van der Waals surface area contributed by atoms with Gasteiger partial charge < -0.3 is 14.2 Å². The molecule has 0 spiro atoms. The van der Waals surface area contributed by atoms with Gasteiger partial charge in [0.2, 0.25) is 0 Å². The Bertz CT molecular complexity index is 1090. The van der Waals surface area contributed by atoms with Crippen molar-refractivity contribution in [3.63, 3.8) is 0 Å². The van der Waals surface area contributed by atoms with E-state index in [2.05, 4.69) is 41.5 Å². The molecule has 0 amide bonds. The van der Waals surface area contributed by atoms with Gasteiger partial charge >= 0.3 is 17.9 Å². The Labute approximate surface area is 438 Å². The summed E-state index contributed by atoms with van der Waals surface area (Å²) in [7, 11) is 0. The molecule has 6 heteroatoms. The summed E-state index contributed by atoms with van der Waals surface area (Å²) in [5, 5.41) is 0. The van der Waals surface area contributed by atoms with Gasteiger partial charge in [0.05, 0.1) is 0 Å². The molecule has 2 atom stereocenters. The highest BCUT2D eigenvalue weighted by molar-refractivity contribution is 5.71. The van der Waals surface area contributed by atoms with Crippen LogP contribution in [0.15, 0.2) is 0 Å². The van der Waals surface area contributed by atoms with Crippen LogP contribution in [0, 0.1) is 17.8 Å². The summed E-state index contributed by atoms with van der Waals surface area (Å²) in [6, 6.07) is 0. The fourth-order valence-corrected chi connectivity index (χ4v) is 9.85. The van der Waals surface area contributed by atoms with Crippen molar-refractivity contribution in [3.05, 3.63) is 0 Å². The molecule has 0 heterocycles. The van der Waals surface area contributed by atoms with Crippen LogP contribution < -0.4 is 0 Å². The van der Waals surface area contributed by atoms with E-state index in [1.807, 2.05) is 0 Å². The molecule has 0 bridgehead atoms. The van der Waals surface area contributed by atoms with Crippen molar-refractivity contribution in [2.24, 2.45) is 17.8 Å². The fraction of sp³-hybridized carbons (Fsp3) is 0.953. The monoisotopic (exact) mass is 989 g/mol. The van der Waals surface area contributed by atoms with Gasteiger partial charge in [-0.15, -0.1) is 0 Å². The molecule has 0 rings (SSSR count). The lowest BCUT2D eigenvalue weighted by atomic mass is 9.99. The normalized spacial score (nSPS) is 12.5. The first-order chi connectivity index (χ1) is 34.1. The second-order valence-electron chi connectivity index (χ2n) is 23.2.